The lowest BCUT2D eigenvalue weighted by atomic mass is 9.90. The van der Waals surface area contributed by atoms with Gasteiger partial charge in [-0.25, -0.2) is 0 Å². The van der Waals surface area contributed by atoms with Crippen molar-refractivity contribution in [2.45, 2.75) is 25.8 Å². The highest BCUT2D eigenvalue weighted by Crippen LogP contribution is 2.60. The molecule has 1 atom stereocenters. The van der Waals surface area contributed by atoms with Crippen LogP contribution in [0.3, 0.4) is 0 Å². The smallest absolute Gasteiger partial charge is 0.253 e. The summed E-state index contributed by atoms with van der Waals surface area (Å²) >= 11 is 0. The number of para-hydroxylation sites is 1. The predicted octanol–water partition coefficient (Wildman–Crippen LogP) is 3.28. The summed E-state index contributed by atoms with van der Waals surface area (Å²) in [6.07, 6.45) is 2.87. The lowest BCUT2D eigenvalue weighted by Crippen LogP contribution is -2.49. The van der Waals surface area contributed by atoms with Crippen molar-refractivity contribution in [3.8, 4) is 5.75 Å². The van der Waals surface area contributed by atoms with E-state index in [0.717, 1.165) is 76.4 Å². The van der Waals surface area contributed by atoms with E-state index in [9.17, 15) is 9.59 Å². The standard InChI is InChI=1S/C27H33N3O3/c1-33-24-10-6-5-9-22(24)20-28-15-17-30(18-16-28)26(32)23-19-27(23)11-13-29(14-12-27)25(31)21-7-3-2-4-8-21/h2-10,23H,11-20H2,1H3. The average Bonchev–Trinajstić information content (AvgIpc) is 3.58. The Hall–Kier alpha value is -2.86. The number of hydrogen-bond donors (Lipinski definition) is 0. The van der Waals surface area contributed by atoms with Gasteiger partial charge < -0.3 is 14.5 Å². The molecule has 33 heavy (non-hydrogen) atoms. The number of nitrogens with zero attached hydrogens (tertiary/aromatic N) is 3. The molecule has 2 amide bonds. The number of piperazine rings is 1. The molecule has 1 aliphatic carbocycles. The van der Waals surface area contributed by atoms with Gasteiger partial charge in [0.15, 0.2) is 0 Å². The Labute approximate surface area is 196 Å². The SMILES string of the molecule is COc1ccccc1CN1CCN(C(=O)C2CC23CCN(C(=O)c2ccccc2)CC3)CC1. The Morgan fingerprint density at radius 2 is 1.55 bits per heavy atom. The summed E-state index contributed by atoms with van der Waals surface area (Å²) in [5, 5.41) is 0. The van der Waals surface area contributed by atoms with Crippen LogP contribution in [0.5, 0.6) is 5.75 Å². The number of amides is 2. The van der Waals surface area contributed by atoms with Crippen LogP contribution in [-0.2, 0) is 11.3 Å². The molecular weight excluding hydrogens is 414 g/mol. The van der Waals surface area contributed by atoms with Crippen molar-refractivity contribution < 1.29 is 14.3 Å². The highest BCUT2D eigenvalue weighted by Gasteiger charge is 2.59. The van der Waals surface area contributed by atoms with Crippen molar-refractivity contribution in [1.29, 1.82) is 0 Å². The van der Waals surface area contributed by atoms with E-state index in [4.69, 9.17) is 4.74 Å². The van der Waals surface area contributed by atoms with Gasteiger partial charge in [-0.2, -0.15) is 0 Å². The van der Waals surface area contributed by atoms with Crippen molar-refractivity contribution in [3.63, 3.8) is 0 Å². The monoisotopic (exact) mass is 447 g/mol. The van der Waals surface area contributed by atoms with E-state index in [0.29, 0.717) is 5.91 Å². The molecule has 6 heteroatoms. The Bertz CT molecular complexity index is 993. The van der Waals surface area contributed by atoms with E-state index in [1.54, 1.807) is 7.11 Å². The van der Waals surface area contributed by atoms with E-state index in [1.807, 2.05) is 53.4 Å². The van der Waals surface area contributed by atoms with Crippen LogP contribution in [0.15, 0.2) is 54.6 Å². The van der Waals surface area contributed by atoms with Gasteiger partial charge in [0, 0.05) is 62.9 Å². The van der Waals surface area contributed by atoms with E-state index in [-0.39, 0.29) is 17.2 Å². The zero-order valence-corrected chi connectivity index (χ0v) is 19.4. The highest BCUT2D eigenvalue weighted by molar-refractivity contribution is 5.94. The van der Waals surface area contributed by atoms with Gasteiger partial charge in [-0.05, 0) is 42.9 Å². The fourth-order valence-electron chi connectivity index (χ4n) is 5.59. The molecule has 174 valence electrons. The Balaban J connectivity index is 1.10. The topological polar surface area (TPSA) is 53.1 Å². The third-order valence-electron chi connectivity index (χ3n) is 7.83. The summed E-state index contributed by atoms with van der Waals surface area (Å²) in [6, 6.07) is 17.7. The minimum Gasteiger partial charge on any atom is -0.496 e. The van der Waals surface area contributed by atoms with Gasteiger partial charge in [-0.15, -0.1) is 0 Å². The quantitative estimate of drug-likeness (QED) is 0.706. The number of hydrogen-bond acceptors (Lipinski definition) is 4. The van der Waals surface area contributed by atoms with Crippen LogP contribution in [0.4, 0.5) is 0 Å². The number of rotatable bonds is 5. The molecule has 3 aliphatic rings. The second kappa shape index (κ2) is 9.18. The Kier molecular flexibility index (Phi) is 6.11. The number of piperidine rings is 1. The van der Waals surface area contributed by atoms with Crippen molar-refractivity contribution in [2.75, 3.05) is 46.4 Å². The van der Waals surface area contributed by atoms with Crippen LogP contribution < -0.4 is 4.74 Å². The molecule has 0 radical (unpaired) electrons. The van der Waals surface area contributed by atoms with Gasteiger partial charge in [0.1, 0.15) is 5.75 Å². The average molecular weight is 448 g/mol. The molecular formula is C27H33N3O3. The molecule has 1 saturated carbocycles. The fourth-order valence-corrected chi connectivity index (χ4v) is 5.59. The first-order valence-electron chi connectivity index (χ1n) is 12.1. The van der Waals surface area contributed by atoms with E-state index < -0.39 is 0 Å². The molecule has 6 nitrogen and oxygen atoms in total. The van der Waals surface area contributed by atoms with E-state index >= 15 is 0 Å². The minimum absolute atomic E-state index is 0.111. The van der Waals surface area contributed by atoms with E-state index in [1.165, 1.54) is 5.56 Å². The molecule has 1 unspecified atom stereocenters. The maximum atomic E-state index is 13.2. The second-order valence-corrected chi connectivity index (χ2v) is 9.69. The number of benzene rings is 2. The molecule has 3 fully saturated rings. The molecule has 0 aromatic heterocycles. The first-order valence-corrected chi connectivity index (χ1v) is 12.1. The van der Waals surface area contributed by atoms with Crippen LogP contribution >= 0.6 is 0 Å². The third kappa shape index (κ3) is 4.49. The summed E-state index contributed by atoms with van der Waals surface area (Å²) in [4.78, 5) is 32.4. The van der Waals surface area contributed by atoms with Crippen molar-refractivity contribution >= 4 is 11.8 Å². The molecule has 2 saturated heterocycles. The van der Waals surface area contributed by atoms with Crippen LogP contribution in [0.1, 0.15) is 35.2 Å². The normalized spacial score (nSPS) is 22.3. The maximum Gasteiger partial charge on any atom is 0.253 e. The van der Waals surface area contributed by atoms with Gasteiger partial charge in [0.25, 0.3) is 5.91 Å². The lowest BCUT2D eigenvalue weighted by molar-refractivity contribution is -0.135. The van der Waals surface area contributed by atoms with E-state index in [2.05, 4.69) is 15.9 Å². The first kappa shape index (κ1) is 22.0. The van der Waals surface area contributed by atoms with Crippen LogP contribution in [-0.4, -0.2) is 72.9 Å². The van der Waals surface area contributed by atoms with Gasteiger partial charge in [-0.3, -0.25) is 14.5 Å². The van der Waals surface area contributed by atoms with Gasteiger partial charge in [-0.1, -0.05) is 36.4 Å². The molecule has 1 spiro atoms. The number of likely N-dealkylation sites (tertiary alicyclic amines) is 1. The van der Waals surface area contributed by atoms with Gasteiger partial charge >= 0.3 is 0 Å². The zero-order chi connectivity index (χ0) is 22.8. The van der Waals surface area contributed by atoms with Crippen LogP contribution in [0.25, 0.3) is 0 Å². The number of ether oxygens (including phenoxy) is 1. The molecule has 2 aromatic carbocycles. The second-order valence-electron chi connectivity index (χ2n) is 9.69. The Morgan fingerprint density at radius 3 is 2.24 bits per heavy atom. The van der Waals surface area contributed by atoms with Crippen LogP contribution in [0.2, 0.25) is 0 Å². The van der Waals surface area contributed by atoms with Gasteiger partial charge in [0.05, 0.1) is 7.11 Å². The maximum absolute atomic E-state index is 13.2. The summed E-state index contributed by atoms with van der Waals surface area (Å²) in [5.41, 5.74) is 2.07. The molecule has 5 rings (SSSR count). The van der Waals surface area contributed by atoms with Crippen LogP contribution in [0, 0.1) is 11.3 Å². The predicted molar refractivity (Wildman–Crippen MR) is 127 cm³/mol. The largest absolute Gasteiger partial charge is 0.496 e. The van der Waals surface area contributed by atoms with Crippen molar-refractivity contribution in [2.24, 2.45) is 11.3 Å². The third-order valence-corrected chi connectivity index (χ3v) is 7.83. The molecule has 2 heterocycles. The minimum atomic E-state index is 0.111. The zero-order valence-electron chi connectivity index (χ0n) is 19.4. The fraction of sp³-hybridized carbons (Fsp3) is 0.481. The summed E-state index contributed by atoms with van der Waals surface area (Å²) in [7, 11) is 1.71. The molecule has 0 N–H and O–H groups in total. The van der Waals surface area contributed by atoms with Crippen molar-refractivity contribution in [1.82, 2.24) is 14.7 Å². The molecule has 2 aromatic rings. The number of carbonyl (C=O) groups is 2. The molecule has 0 bridgehead atoms. The van der Waals surface area contributed by atoms with Crippen molar-refractivity contribution in [3.05, 3.63) is 65.7 Å². The summed E-state index contributed by atoms with van der Waals surface area (Å²) in [6.45, 7) is 5.73. The number of methoxy groups -OCH3 is 1. The lowest BCUT2D eigenvalue weighted by Gasteiger charge is -2.36. The first-order chi connectivity index (χ1) is 16.1. The van der Waals surface area contributed by atoms with Gasteiger partial charge in [0.2, 0.25) is 5.91 Å². The number of carbonyl (C=O) groups excluding carboxylic acids is 2. The summed E-state index contributed by atoms with van der Waals surface area (Å²) in [5.74, 6) is 1.51. The Morgan fingerprint density at radius 1 is 0.879 bits per heavy atom. The highest BCUT2D eigenvalue weighted by atomic mass is 16.5. The molecule has 2 aliphatic heterocycles. The summed E-state index contributed by atoms with van der Waals surface area (Å²) < 4.78 is 5.48.